The predicted octanol–water partition coefficient (Wildman–Crippen LogP) is 1.09. The van der Waals surface area contributed by atoms with Crippen LogP contribution in [0.2, 0.25) is 0 Å². The molecule has 0 saturated heterocycles. The van der Waals surface area contributed by atoms with Crippen molar-refractivity contribution < 1.29 is 9.53 Å². The first-order valence-electron chi connectivity index (χ1n) is 4.08. The van der Waals surface area contributed by atoms with Gasteiger partial charge in [-0.3, -0.25) is 0 Å². The van der Waals surface area contributed by atoms with E-state index in [9.17, 15) is 4.79 Å². The van der Waals surface area contributed by atoms with E-state index in [1.54, 1.807) is 6.08 Å². The van der Waals surface area contributed by atoms with E-state index < -0.39 is 0 Å². The minimum Gasteiger partial charge on any atom is -0.466 e. The Balaban J connectivity index is 3.74. The van der Waals surface area contributed by atoms with Crippen molar-refractivity contribution in [3.05, 3.63) is 12.2 Å². The summed E-state index contributed by atoms with van der Waals surface area (Å²) in [7, 11) is 1.35. The molecule has 0 spiro atoms. The van der Waals surface area contributed by atoms with Gasteiger partial charge in [0, 0.05) is 12.1 Å². The van der Waals surface area contributed by atoms with Crippen LogP contribution in [0, 0.1) is 5.92 Å². The molecule has 0 aliphatic heterocycles. The molecular weight excluding hydrogens is 154 g/mol. The van der Waals surface area contributed by atoms with E-state index in [-0.39, 0.29) is 12.0 Å². The molecule has 0 aliphatic carbocycles. The summed E-state index contributed by atoms with van der Waals surface area (Å²) >= 11 is 0. The van der Waals surface area contributed by atoms with Crippen LogP contribution in [0.15, 0.2) is 12.2 Å². The number of methoxy groups -OCH3 is 1. The van der Waals surface area contributed by atoms with Crippen molar-refractivity contribution in [3.8, 4) is 0 Å². The lowest BCUT2D eigenvalue weighted by molar-refractivity contribution is -0.134. The lowest BCUT2D eigenvalue weighted by atomic mass is 10.0. The van der Waals surface area contributed by atoms with Crippen molar-refractivity contribution in [1.82, 2.24) is 0 Å². The summed E-state index contributed by atoms with van der Waals surface area (Å²) in [4.78, 5) is 10.6. The second-order valence-corrected chi connectivity index (χ2v) is 3.18. The fourth-order valence-corrected chi connectivity index (χ4v) is 0.893. The number of hydrogen-bond donors (Lipinski definition) is 1. The van der Waals surface area contributed by atoms with Crippen LogP contribution in [0.5, 0.6) is 0 Å². The van der Waals surface area contributed by atoms with Crippen molar-refractivity contribution >= 4 is 5.97 Å². The smallest absolute Gasteiger partial charge is 0.330 e. The Bertz CT molecular complexity index is 164. The first-order valence-corrected chi connectivity index (χ1v) is 4.08. The molecule has 0 amide bonds. The molecule has 0 heterocycles. The van der Waals surface area contributed by atoms with Crippen LogP contribution in [-0.4, -0.2) is 19.1 Å². The predicted molar refractivity (Wildman–Crippen MR) is 48.6 cm³/mol. The first kappa shape index (κ1) is 11.2. The standard InChI is InChI=1S/C9H17NO2/c1-7(2)6-8(10)4-5-9(11)12-3/h4-5,7-8H,6,10H2,1-3H3/t8-/m1/s1. The summed E-state index contributed by atoms with van der Waals surface area (Å²) in [6.45, 7) is 4.18. The van der Waals surface area contributed by atoms with Gasteiger partial charge in [0.05, 0.1) is 7.11 Å². The average Bonchev–Trinajstić information content (AvgIpc) is 1.99. The van der Waals surface area contributed by atoms with E-state index >= 15 is 0 Å². The molecular formula is C9H17NO2. The number of nitrogens with two attached hydrogens (primary N) is 1. The van der Waals surface area contributed by atoms with Gasteiger partial charge < -0.3 is 10.5 Å². The van der Waals surface area contributed by atoms with Crippen LogP contribution in [-0.2, 0) is 9.53 Å². The number of carbonyl (C=O) groups excluding carboxylic acids is 1. The highest BCUT2D eigenvalue weighted by atomic mass is 16.5. The van der Waals surface area contributed by atoms with Gasteiger partial charge in [-0.25, -0.2) is 4.79 Å². The highest BCUT2D eigenvalue weighted by Crippen LogP contribution is 2.03. The van der Waals surface area contributed by atoms with Crippen LogP contribution in [0.1, 0.15) is 20.3 Å². The van der Waals surface area contributed by atoms with E-state index in [1.807, 2.05) is 0 Å². The van der Waals surface area contributed by atoms with Crippen molar-refractivity contribution in [2.45, 2.75) is 26.3 Å². The molecule has 3 nitrogen and oxygen atoms in total. The Morgan fingerprint density at radius 3 is 2.58 bits per heavy atom. The van der Waals surface area contributed by atoms with E-state index in [2.05, 4.69) is 18.6 Å². The third-order valence-electron chi connectivity index (χ3n) is 1.42. The van der Waals surface area contributed by atoms with E-state index in [0.717, 1.165) is 6.42 Å². The van der Waals surface area contributed by atoms with E-state index in [0.29, 0.717) is 5.92 Å². The second-order valence-electron chi connectivity index (χ2n) is 3.18. The van der Waals surface area contributed by atoms with Crippen LogP contribution >= 0.6 is 0 Å². The number of rotatable bonds is 4. The molecule has 2 N–H and O–H groups in total. The van der Waals surface area contributed by atoms with Gasteiger partial charge in [-0.1, -0.05) is 19.9 Å². The van der Waals surface area contributed by atoms with Gasteiger partial charge in [-0.15, -0.1) is 0 Å². The molecule has 0 saturated carbocycles. The average molecular weight is 171 g/mol. The maximum Gasteiger partial charge on any atom is 0.330 e. The zero-order chi connectivity index (χ0) is 9.56. The van der Waals surface area contributed by atoms with Gasteiger partial charge in [0.15, 0.2) is 0 Å². The Morgan fingerprint density at radius 2 is 2.17 bits per heavy atom. The molecule has 0 aromatic rings. The summed E-state index contributed by atoms with van der Waals surface area (Å²) in [6, 6.07) is -0.0518. The Kier molecular flexibility index (Phi) is 5.37. The molecule has 70 valence electrons. The summed E-state index contributed by atoms with van der Waals surface area (Å²) in [6.07, 6.45) is 3.92. The maximum absolute atomic E-state index is 10.6. The second kappa shape index (κ2) is 5.77. The normalized spacial score (nSPS) is 13.8. The van der Waals surface area contributed by atoms with E-state index in [1.165, 1.54) is 13.2 Å². The lowest BCUT2D eigenvalue weighted by Crippen LogP contribution is -2.19. The van der Waals surface area contributed by atoms with Gasteiger partial charge in [0.2, 0.25) is 0 Å². The van der Waals surface area contributed by atoms with Crippen LogP contribution in [0.25, 0.3) is 0 Å². The molecule has 1 atom stereocenters. The maximum atomic E-state index is 10.6. The molecule has 12 heavy (non-hydrogen) atoms. The van der Waals surface area contributed by atoms with Gasteiger partial charge >= 0.3 is 5.97 Å². The zero-order valence-electron chi connectivity index (χ0n) is 7.91. The molecule has 0 bridgehead atoms. The fraction of sp³-hybridized carbons (Fsp3) is 0.667. The minimum atomic E-state index is -0.353. The Labute approximate surface area is 73.6 Å². The summed E-state index contributed by atoms with van der Waals surface area (Å²) in [5.74, 6) is 0.191. The Morgan fingerprint density at radius 1 is 1.58 bits per heavy atom. The third kappa shape index (κ3) is 5.92. The molecule has 0 aromatic heterocycles. The molecule has 0 aromatic carbocycles. The van der Waals surface area contributed by atoms with Crippen molar-refractivity contribution in [1.29, 1.82) is 0 Å². The van der Waals surface area contributed by atoms with Crippen molar-refractivity contribution in [3.63, 3.8) is 0 Å². The monoisotopic (exact) mass is 171 g/mol. The first-order chi connectivity index (χ1) is 5.56. The van der Waals surface area contributed by atoms with Gasteiger partial charge in [-0.05, 0) is 12.3 Å². The molecule has 3 heteroatoms. The number of carbonyl (C=O) groups is 1. The quantitative estimate of drug-likeness (QED) is 0.509. The van der Waals surface area contributed by atoms with Crippen LogP contribution in [0.3, 0.4) is 0 Å². The summed E-state index contributed by atoms with van der Waals surface area (Å²) in [5, 5.41) is 0. The summed E-state index contributed by atoms with van der Waals surface area (Å²) < 4.78 is 4.42. The number of ether oxygens (including phenoxy) is 1. The third-order valence-corrected chi connectivity index (χ3v) is 1.42. The van der Waals surface area contributed by atoms with Gasteiger partial charge in [-0.2, -0.15) is 0 Å². The fourth-order valence-electron chi connectivity index (χ4n) is 0.893. The lowest BCUT2D eigenvalue weighted by Gasteiger charge is -2.08. The Hall–Kier alpha value is -0.830. The van der Waals surface area contributed by atoms with E-state index in [4.69, 9.17) is 5.73 Å². The molecule has 0 radical (unpaired) electrons. The molecule has 0 unspecified atom stereocenters. The van der Waals surface area contributed by atoms with Crippen molar-refractivity contribution in [2.75, 3.05) is 7.11 Å². The van der Waals surface area contributed by atoms with Gasteiger partial charge in [0.25, 0.3) is 0 Å². The topological polar surface area (TPSA) is 52.3 Å². The molecule has 0 rings (SSSR count). The minimum absolute atomic E-state index is 0.0518. The highest BCUT2D eigenvalue weighted by Gasteiger charge is 2.01. The highest BCUT2D eigenvalue weighted by molar-refractivity contribution is 5.81. The zero-order valence-corrected chi connectivity index (χ0v) is 7.91. The SMILES string of the molecule is COC(=O)C=C[C@@H](N)CC(C)C. The number of esters is 1. The van der Waals surface area contributed by atoms with Crippen LogP contribution < -0.4 is 5.73 Å². The molecule has 0 aliphatic rings. The van der Waals surface area contributed by atoms with Crippen LogP contribution in [0.4, 0.5) is 0 Å². The number of hydrogen-bond acceptors (Lipinski definition) is 3. The van der Waals surface area contributed by atoms with Gasteiger partial charge in [0.1, 0.15) is 0 Å². The largest absolute Gasteiger partial charge is 0.466 e. The van der Waals surface area contributed by atoms with Crippen molar-refractivity contribution in [2.24, 2.45) is 11.7 Å². The molecule has 0 fully saturated rings. The summed E-state index contributed by atoms with van der Waals surface area (Å²) in [5.41, 5.74) is 5.68.